The fraction of sp³-hybridized carbons (Fsp3) is 0.500. The second-order valence-electron chi connectivity index (χ2n) is 5.29. The van der Waals surface area contributed by atoms with Gasteiger partial charge in [0.15, 0.2) is 0 Å². The summed E-state index contributed by atoms with van der Waals surface area (Å²) in [6.45, 7) is 0. The van der Waals surface area contributed by atoms with Crippen LogP contribution in [0.3, 0.4) is 0 Å². The first kappa shape index (κ1) is 13.4. The summed E-state index contributed by atoms with van der Waals surface area (Å²) in [5.74, 6) is -0.659. The standard InChI is InChI=1S/C14H14BrClFNO/c15-8-1-4-12(13(17)5-8)14(19)18-10-2-3-11(18)7-9(16)6-10/h1,4-5,9-11H,2-3,6-7H2. The molecule has 2 atom stereocenters. The van der Waals surface area contributed by atoms with Crippen LogP contribution in [0.25, 0.3) is 0 Å². The average Bonchev–Trinajstić information content (AvgIpc) is 2.61. The smallest absolute Gasteiger partial charge is 0.257 e. The van der Waals surface area contributed by atoms with Gasteiger partial charge in [0.25, 0.3) is 5.91 Å². The van der Waals surface area contributed by atoms with E-state index in [4.69, 9.17) is 11.6 Å². The number of halogens is 3. The van der Waals surface area contributed by atoms with Crippen molar-refractivity contribution in [2.75, 3.05) is 0 Å². The van der Waals surface area contributed by atoms with E-state index in [2.05, 4.69) is 15.9 Å². The zero-order chi connectivity index (χ0) is 13.6. The fourth-order valence-corrected chi connectivity index (χ4v) is 3.99. The van der Waals surface area contributed by atoms with Crippen LogP contribution in [0, 0.1) is 5.82 Å². The number of amides is 1. The molecule has 0 aliphatic carbocycles. The summed E-state index contributed by atoms with van der Waals surface area (Å²) < 4.78 is 14.5. The van der Waals surface area contributed by atoms with Crippen molar-refractivity contribution in [2.45, 2.75) is 43.1 Å². The molecule has 0 N–H and O–H groups in total. The summed E-state index contributed by atoms with van der Waals surface area (Å²) in [4.78, 5) is 14.4. The van der Waals surface area contributed by atoms with E-state index in [1.54, 1.807) is 12.1 Å². The Morgan fingerprint density at radius 3 is 2.53 bits per heavy atom. The highest BCUT2D eigenvalue weighted by Gasteiger charge is 2.43. The van der Waals surface area contributed by atoms with Crippen molar-refractivity contribution >= 4 is 33.4 Å². The van der Waals surface area contributed by atoms with Gasteiger partial charge in [0, 0.05) is 21.9 Å². The van der Waals surface area contributed by atoms with E-state index in [9.17, 15) is 9.18 Å². The van der Waals surface area contributed by atoms with E-state index in [0.29, 0.717) is 4.47 Å². The molecule has 2 bridgehead atoms. The van der Waals surface area contributed by atoms with Crippen molar-refractivity contribution in [3.05, 3.63) is 34.1 Å². The van der Waals surface area contributed by atoms with Crippen LogP contribution in [0.15, 0.2) is 22.7 Å². The molecule has 2 aliphatic heterocycles. The lowest BCUT2D eigenvalue weighted by Crippen LogP contribution is -2.47. The topological polar surface area (TPSA) is 20.3 Å². The van der Waals surface area contributed by atoms with E-state index in [1.807, 2.05) is 4.90 Å². The first-order valence-electron chi connectivity index (χ1n) is 6.48. The van der Waals surface area contributed by atoms with Crippen LogP contribution in [0.5, 0.6) is 0 Å². The number of hydrogen-bond donors (Lipinski definition) is 0. The van der Waals surface area contributed by atoms with Gasteiger partial charge in [0.2, 0.25) is 0 Å². The maximum absolute atomic E-state index is 13.9. The number of benzene rings is 1. The maximum atomic E-state index is 13.9. The van der Waals surface area contributed by atoms with Crippen LogP contribution in [0.4, 0.5) is 4.39 Å². The Balaban J connectivity index is 1.88. The molecular formula is C14H14BrClFNO. The number of nitrogens with zero attached hydrogens (tertiary/aromatic N) is 1. The van der Waals surface area contributed by atoms with Crippen LogP contribution in [-0.4, -0.2) is 28.3 Å². The molecule has 3 rings (SSSR count). The van der Waals surface area contributed by atoms with Gasteiger partial charge < -0.3 is 4.90 Å². The highest BCUT2D eigenvalue weighted by molar-refractivity contribution is 9.10. The van der Waals surface area contributed by atoms with E-state index in [0.717, 1.165) is 25.7 Å². The quantitative estimate of drug-likeness (QED) is 0.705. The molecule has 0 radical (unpaired) electrons. The summed E-state index contributed by atoms with van der Waals surface area (Å²) in [6, 6.07) is 4.94. The average molecular weight is 347 g/mol. The number of piperidine rings is 1. The van der Waals surface area contributed by atoms with Crippen molar-refractivity contribution in [1.29, 1.82) is 0 Å². The Labute approximate surface area is 125 Å². The Kier molecular flexibility index (Phi) is 3.56. The van der Waals surface area contributed by atoms with Crippen molar-refractivity contribution in [2.24, 2.45) is 0 Å². The number of alkyl halides is 1. The molecule has 1 aromatic rings. The van der Waals surface area contributed by atoms with Gasteiger partial charge in [-0.3, -0.25) is 4.79 Å². The second-order valence-corrected chi connectivity index (χ2v) is 6.82. The van der Waals surface area contributed by atoms with Crippen LogP contribution >= 0.6 is 27.5 Å². The highest BCUT2D eigenvalue weighted by atomic mass is 79.9. The predicted octanol–water partition coefficient (Wildman–Crippen LogP) is 3.96. The van der Waals surface area contributed by atoms with Gasteiger partial charge in [0.05, 0.1) is 5.56 Å². The Morgan fingerprint density at radius 2 is 1.95 bits per heavy atom. The van der Waals surface area contributed by atoms with Crippen molar-refractivity contribution in [3.63, 3.8) is 0 Å². The normalized spacial score (nSPS) is 29.6. The van der Waals surface area contributed by atoms with Gasteiger partial charge in [-0.05, 0) is 43.9 Å². The highest BCUT2D eigenvalue weighted by Crippen LogP contribution is 2.38. The first-order valence-corrected chi connectivity index (χ1v) is 7.71. The molecule has 0 aromatic heterocycles. The number of fused-ring (bicyclic) bond motifs is 2. The predicted molar refractivity (Wildman–Crippen MR) is 76.0 cm³/mol. The molecule has 5 heteroatoms. The molecule has 2 saturated heterocycles. The molecule has 2 heterocycles. The molecule has 1 aromatic carbocycles. The van der Waals surface area contributed by atoms with Gasteiger partial charge in [0.1, 0.15) is 5.82 Å². The third-order valence-electron chi connectivity index (χ3n) is 4.07. The zero-order valence-electron chi connectivity index (χ0n) is 10.3. The molecule has 2 nitrogen and oxygen atoms in total. The third-order valence-corrected chi connectivity index (χ3v) is 4.92. The second kappa shape index (κ2) is 5.06. The van der Waals surface area contributed by atoms with Crippen LogP contribution < -0.4 is 0 Å². The largest absolute Gasteiger partial charge is 0.332 e. The fourth-order valence-electron chi connectivity index (χ4n) is 3.24. The summed E-state index contributed by atoms with van der Waals surface area (Å²) in [6.07, 6.45) is 3.61. The lowest BCUT2D eigenvalue weighted by molar-refractivity contribution is 0.0595. The number of carbonyl (C=O) groups is 1. The minimum Gasteiger partial charge on any atom is -0.332 e. The Hall–Kier alpha value is -0.610. The number of hydrogen-bond acceptors (Lipinski definition) is 1. The van der Waals surface area contributed by atoms with Gasteiger partial charge >= 0.3 is 0 Å². The molecule has 0 saturated carbocycles. The van der Waals surface area contributed by atoms with Crippen LogP contribution in [0.1, 0.15) is 36.0 Å². The Morgan fingerprint density at radius 1 is 1.32 bits per heavy atom. The first-order chi connectivity index (χ1) is 9.06. The monoisotopic (exact) mass is 345 g/mol. The van der Waals surface area contributed by atoms with E-state index >= 15 is 0 Å². The maximum Gasteiger partial charge on any atom is 0.257 e. The molecule has 102 valence electrons. The van der Waals surface area contributed by atoms with Crippen LogP contribution in [0.2, 0.25) is 0 Å². The number of rotatable bonds is 1. The van der Waals surface area contributed by atoms with Gasteiger partial charge in [-0.1, -0.05) is 15.9 Å². The molecule has 2 aliphatic rings. The summed E-state index contributed by atoms with van der Waals surface area (Å²) in [5, 5.41) is 0.149. The van der Waals surface area contributed by atoms with Gasteiger partial charge in [-0.25, -0.2) is 4.39 Å². The van der Waals surface area contributed by atoms with Crippen molar-refractivity contribution in [3.8, 4) is 0 Å². The van der Waals surface area contributed by atoms with Gasteiger partial charge in [-0.15, -0.1) is 11.6 Å². The van der Waals surface area contributed by atoms with Gasteiger partial charge in [-0.2, -0.15) is 0 Å². The minimum atomic E-state index is -0.466. The lowest BCUT2D eigenvalue weighted by atomic mass is 10.0. The molecule has 2 fully saturated rings. The summed E-state index contributed by atoms with van der Waals surface area (Å²) >= 11 is 9.40. The lowest BCUT2D eigenvalue weighted by Gasteiger charge is -2.37. The number of carbonyl (C=O) groups excluding carboxylic acids is 1. The summed E-state index contributed by atoms with van der Waals surface area (Å²) in [5.41, 5.74) is 0.160. The zero-order valence-corrected chi connectivity index (χ0v) is 12.6. The van der Waals surface area contributed by atoms with E-state index in [1.165, 1.54) is 6.07 Å². The van der Waals surface area contributed by atoms with Crippen molar-refractivity contribution in [1.82, 2.24) is 4.90 Å². The molecule has 2 unspecified atom stereocenters. The van der Waals surface area contributed by atoms with E-state index < -0.39 is 5.82 Å². The van der Waals surface area contributed by atoms with Crippen LogP contribution in [-0.2, 0) is 0 Å². The molecule has 0 spiro atoms. The van der Waals surface area contributed by atoms with Crippen molar-refractivity contribution < 1.29 is 9.18 Å². The molecule has 19 heavy (non-hydrogen) atoms. The SMILES string of the molecule is O=C(c1ccc(Br)cc1F)N1C2CCC1CC(Cl)C2. The Bertz CT molecular complexity index is 510. The summed E-state index contributed by atoms with van der Waals surface area (Å²) in [7, 11) is 0. The third kappa shape index (κ3) is 2.40. The minimum absolute atomic E-state index is 0.149. The van der Waals surface area contributed by atoms with E-state index in [-0.39, 0.29) is 28.9 Å². The molecular weight excluding hydrogens is 333 g/mol. The molecule has 1 amide bonds.